The number of amides is 1. The summed E-state index contributed by atoms with van der Waals surface area (Å²) in [5, 5.41) is 4.79. The lowest BCUT2D eigenvalue weighted by Crippen LogP contribution is -2.29. The summed E-state index contributed by atoms with van der Waals surface area (Å²) in [5.74, 6) is 4.82. The lowest BCUT2D eigenvalue weighted by Gasteiger charge is -2.03. The van der Waals surface area contributed by atoms with Crippen molar-refractivity contribution < 1.29 is 4.79 Å². The van der Waals surface area contributed by atoms with Crippen molar-refractivity contribution >= 4 is 17.5 Å². The van der Waals surface area contributed by atoms with Gasteiger partial charge in [-0.05, 0) is 19.8 Å². The van der Waals surface area contributed by atoms with Gasteiger partial charge in [0, 0.05) is 13.0 Å². The molecule has 0 aliphatic rings. The summed E-state index contributed by atoms with van der Waals surface area (Å²) in [6.45, 7) is 2.69. The number of carbonyl (C=O) groups excluding carboxylic acids is 1. The van der Waals surface area contributed by atoms with E-state index in [0.717, 1.165) is 25.1 Å². The van der Waals surface area contributed by atoms with Gasteiger partial charge >= 0.3 is 0 Å². The van der Waals surface area contributed by atoms with E-state index in [1.165, 1.54) is 0 Å². The molecule has 0 bridgehead atoms. The number of rotatable bonds is 5. The van der Waals surface area contributed by atoms with Gasteiger partial charge in [0.05, 0.1) is 16.9 Å². The minimum Gasteiger partial charge on any atom is -0.294 e. The van der Waals surface area contributed by atoms with Gasteiger partial charge < -0.3 is 0 Å². The molecule has 84 valence electrons. The third kappa shape index (κ3) is 3.53. The number of unbranched alkanes of at least 4 members (excludes halogenated alkanes) is 1. The maximum atomic E-state index is 10.8. The van der Waals surface area contributed by atoms with Crippen LogP contribution in [0.5, 0.6) is 0 Å². The van der Waals surface area contributed by atoms with E-state index in [2.05, 4.69) is 10.5 Å². The number of aromatic nitrogens is 2. The topological polar surface area (TPSA) is 72.9 Å². The molecule has 0 atom stereocenters. The SMILES string of the molecule is Cc1c(Cl)cnn1CCCCC(=O)NN. The highest BCUT2D eigenvalue weighted by Crippen LogP contribution is 2.13. The summed E-state index contributed by atoms with van der Waals surface area (Å²) in [6, 6.07) is 0. The van der Waals surface area contributed by atoms with Crippen molar-refractivity contribution in [1.82, 2.24) is 15.2 Å². The van der Waals surface area contributed by atoms with E-state index in [1.54, 1.807) is 6.20 Å². The Kier molecular flexibility index (Phi) is 4.58. The van der Waals surface area contributed by atoms with Crippen molar-refractivity contribution in [2.45, 2.75) is 32.7 Å². The molecule has 0 spiro atoms. The first-order chi connectivity index (χ1) is 7.15. The first-order valence-electron chi connectivity index (χ1n) is 4.82. The molecule has 0 radical (unpaired) electrons. The van der Waals surface area contributed by atoms with Crippen molar-refractivity contribution in [3.8, 4) is 0 Å². The molecular weight excluding hydrogens is 216 g/mol. The van der Waals surface area contributed by atoms with Crippen LogP contribution in [0.3, 0.4) is 0 Å². The second-order valence-electron chi connectivity index (χ2n) is 3.33. The van der Waals surface area contributed by atoms with E-state index in [0.29, 0.717) is 11.4 Å². The number of nitrogens with two attached hydrogens (primary N) is 1. The molecule has 3 N–H and O–H groups in total. The van der Waals surface area contributed by atoms with E-state index in [1.807, 2.05) is 11.6 Å². The fourth-order valence-corrected chi connectivity index (χ4v) is 1.41. The fourth-order valence-electron chi connectivity index (χ4n) is 1.27. The van der Waals surface area contributed by atoms with Crippen LogP contribution in [0.15, 0.2) is 6.20 Å². The Hall–Kier alpha value is -1.07. The van der Waals surface area contributed by atoms with Crippen molar-refractivity contribution in [3.05, 3.63) is 16.9 Å². The van der Waals surface area contributed by atoms with Crippen LogP contribution in [0, 0.1) is 6.92 Å². The van der Waals surface area contributed by atoms with E-state index in [-0.39, 0.29) is 5.91 Å². The van der Waals surface area contributed by atoms with Gasteiger partial charge in [-0.25, -0.2) is 5.84 Å². The smallest absolute Gasteiger partial charge is 0.233 e. The van der Waals surface area contributed by atoms with E-state index in [9.17, 15) is 4.79 Å². The van der Waals surface area contributed by atoms with Crippen molar-refractivity contribution in [2.75, 3.05) is 0 Å². The largest absolute Gasteiger partial charge is 0.294 e. The number of nitrogens with zero attached hydrogens (tertiary/aromatic N) is 2. The van der Waals surface area contributed by atoms with Gasteiger partial charge in [0.15, 0.2) is 0 Å². The zero-order valence-electron chi connectivity index (χ0n) is 8.66. The third-order valence-electron chi connectivity index (χ3n) is 2.23. The lowest BCUT2D eigenvalue weighted by molar-refractivity contribution is -0.121. The maximum Gasteiger partial charge on any atom is 0.233 e. The molecule has 1 heterocycles. The Morgan fingerprint density at radius 1 is 1.67 bits per heavy atom. The lowest BCUT2D eigenvalue weighted by atomic mass is 10.2. The zero-order valence-corrected chi connectivity index (χ0v) is 9.42. The Bertz CT molecular complexity index is 337. The number of aryl methyl sites for hydroxylation is 1. The molecule has 0 aromatic carbocycles. The summed E-state index contributed by atoms with van der Waals surface area (Å²) in [4.78, 5) is 10.8. The summed E-state index contributed by atoms with van der Waals surface area (Å²) in [5.41, 5.74) is 3.05. The predicted octanol–water partition coefficient (Wildman–Crippen LogP) is 1.01. The van der Waals surface area contributed by atoms with Gasteiger partial charge in [-0.15, -0.1) is 0 Å². The number of carbonyl (C=O) groups is 1. The average molecular weight is 231 g/mol. The molecular formula is C9H15ClN4O. The minimum absolute atomic E-state index is 0.134. The second kappa shape index (κ2) is 5.72. The van der Waals surface area contributed by atoms with Gasteiger partial charge in [-0.1, -0.05) is 11.6 Å². The van der Waals surface area contributed by atoms with Crippen LogP contribution in [0.1, 0.15) is 25.0 Å². The maximum absolute atomic E-state index is 10.8. The quantitative estimate of drug-likeness (QED) is 0.343. The van der Waals surface area contributed by atoms with Crippen molar-refractivity contribution in [3.63, 3.8) is 0 Å². The first-order valence-corrected chi connectivity index (χ1v) is 5.20. The molecule has 0 saturated heterocycles. The van der Waals surface area contributed by atoms with Gasteiger partial charge in [-0.2, -0.15) is 5.10 Å². The average Bonchev–Trinajstić information content (AvgIpc) is 2.55. The predicted molar refractivity (Wildman–Crippen MR) is 58.2 cm³/mol. The number of hydrogen-bond acceptors (Lipinski definition) is 3. The summed E-state index contributed by atoms with van der Waals surface area (Å²) in [7, 11) is 0. The normalized spacial score (nSPS) is 10.3. The molecule has 0 aliphatic heterocycles. The molecule has 6 heteroatoms. The number of nitrogens with one attached hydrogen (secondary N) is 1. The monoisotopic (exact) mass is 230 g/mol. The first kappa shape index (κ1) is 12.0. The Labute approximate surface area is 93.6 Å². The molecule has 1 aromatic heterocycles. The molecule has 1 rings (SSSR count). The van der Waals surface area contributed by atoms with Gasteiger partial charge in [-0.3, -0.25) is 14.9 Å². The molecule has 1 amide bonds. The summed E-state index contributed by atoms with van der Waals surface area (Å²) < 4.78 is 1.84. The van der Waals surface area contributed by atoms with E-state index < -0.39 is 0 Å². The third-order valence-corrected chi connectivity index (χ3v) is 2.60. The van der Waals surface area contributed by atoms with E-state index in [4.69, 9.17) is 17.4 Å². The van der Waals surface area contributed by atoms with Crippen molar-refractivity contribution in [2.24, 2.45) is 5.84 Å². The van der Waals surface area contributed by atoms with Crippen LogP contribution in [0.2, 0.25) is 5.02 Å². The highest BCUT2D eigenvalue weighted by atomic mass is 35.5. The second-order valence-corrected chi connectivity index (χ2v) is 3.73. The highest BCUT2D eigenvalue weighted by Gasteiger charge is 2.03. The highest BCUT2D eigenvalue weighted by molar-refractivity contribution is 6.31. The summed E-state index contributed by atoms with van der Waals surface area (Å²) >= 11 is 5.85. The van der Waals surface area contributed by atoms with Gasteiger partial charge in [0.1, 0.15) is 0 Å². The van der Waals surface area contributed by atoms with Gasteiger partial charge in [0.2, 0.25) is 5.91 Å². The molecule has 0 saturated carbocycles. The Morgan fingerprint density at radius 3 is 2.93 bits per heavy atom. The molecule has 15 heavy (non-hydrogen) atoms. The Morgan fingerprint density at radius 2 is 2.40 bits per heavy atom. The van der Waals surface area contributed by atoms with Crippen LogP contribution in [-0.2, 0) is 11.3 Å². The molecule has 5 nitrogen and oxygen atoms in total. The fraction of sp³-hybridized carbons (Fsp3) is 0.556. The molecule has 0 fully saturated rings. The molecule has 0 aliphatic carbocycles. The van der Waals surface area contributed by atoms with Gasteiger partial charge in [0.25, 0.3) is 0 Å². The zero-order chi connectivity index (χ0) is 11.3. The number of hydrogen-bond donors (Lipinski definition) is 2. The standard InChI is InChI=1S/C9H15ClN4O/c1-7-8(10)6-12-14(7)5-3-2-4-9(15)13-11/h6H,2-5,11H2,1H3,(H,13,15). The molecule has 1 aromatic rings. The number of hydrazine groups is 1. The molecule has 0 unspecified atom stereocenters. The number of halogens is 1. The Balaban J connectivity index is 2.26. The van der Waals surface area contributed by atoms with Crippen LogP contribution < -0.4 is 11.3 Å². The van der Waals surface area contributed by atoms with Crippen LogP contribution >= 0.6 is 11.6 Å². The van der Waals surface area contributed by atoms with Crippen molar-refractivity contribution in [1.29, 1.82) is 0 Å². The van der Waals surface area contributed by atoms with Crippen LogP contribution in [0.4, 0.5) is 0 Å². The van der Waals surface area contributed by atoms with E-state index >= 15 is 0 Å². The minimum atomic E-state index is -0.134. The summed E-state index contributed by atoms with van der Waals surface area (Å²) in [6.07, 6.45) is 3.75. The van der Waals surface area contributed by atoms with Crippen LogP contribution in [0.25, 0.3) is 0 Å². The van der Waals surface area contributed by atoms with Crippen LogP contribution in [-0.4, -0.2) is 15.7 Å².